The fraction of sp³-hybridized carbons (Fsp3) is 0.118. The van der Waals surface area contributed by atoms with Crippen molar-refractivity contribution in [1.82, 2.24) is 0 Å². The van der Waals surface area contributed by atoms with E-state index >= 15 is 0 Å². The summed E-state index contributed by atoms with van der Waals surface area (Å²) in [5, 5.41) is 8.84. The summed E-state index contributed by atoms with van der Waals surface area (Å²) in [7, 11) is 0. The zero-order valence-electron chi connectivity index (χ0n) is 12.5. The molecule has 132 valence electrons. The molecule has 3 nitrogen and oxygen atoms in total. The molecule has 0 saturated heterocycles. The number of ketones is 1. The van der Waals surface area contributed by atoms with Crippen molar-refractivity contribution in [3.05, 3.63) is 75.8 Å². The Morgan fingerprint density at radius 1 is 1.08 bits per heavy atom. The first kappa shape index (κ1) is 19.0. The van der Waals surface area contributed by atoms with E-state index in [2.05, 4.69) is 4.85 Å². The molecule has 1 aliphatic carbocycles. The number of alkyl halides is 6. The van der Waals surface area contributed by atoms with Crippen LogP contribution in [0.5, 0.6) is 0 Å². The van der Waals surface area contributed by atoms with Crippen molar-refractivity contribution >= 4 is 11.4 Å². The summed E-state index contributed by atoms with van der Waals surface area (Å²) in [6, 6.07) is 2.43. The average molecular weight is 368 g/mol. The van der Waals surface area contributed by atoms with Gasteiger partial charge in [-0.3, -0.25) is 4.79 Å². The minimum Gasteiger partial charge on any atom is -0.289 e. The number of carbonyl (C=O) groups excluding carboxylic acids is 1. The smallest absolute Gasteiger partial charge is 0.289 e. The van der Waals surface area contributed by atoms with Crippen LogP contribution in [0.3, 0.4) is 0 Å². The predicted molar refractivity (Wildman–Crippen MR) is 77.8 cm³/mol. The molecule has 1 aromatic rings. The molecule has 0 atom stereocenters. The van der Waals surface area contributed by atoms with Crippen LogP contribution in [0.1, 0.15) is 16.7 Å². The first-order chi connectivity index (χ1) is 12.0. The van der Waals surface area contributed by atoms with Crippen LogP contribution < -0.4 is 0 Å². The second-order valence-corrected chi connectivity index (χ2v) is 5.04. The fourth-order valence-electron chi connectivity index (χ4n) is 2.23. The van der Waals surface area contributed by atoms with Gasteiger partial charge in [0.1, 0.15) is 0 Å². The van der Waals surface area contributed by atoms with Crippen molar-refractivity contribution in [3.8, 4) is 6.07 Å². The van der Waals surface area contributed by atoms with Crippen LogP contribution in [-0.2, 0) is 17.1 Å². The van der Waals surface area contributed by atoms with Crippen molar-refractivity contribution in [1.29, 1.82) is 5.26 Å². The van der Waals surface area contributed by atoms with Crippen molar-refractivity contribution < 1.29 is 31.1 Å². The largest absolute Gasteiger partial charge is 0.417 e. The summed E-state index contributed by atoms with van der Waals surface area (Å²) >= 11 is 0. The SMILES string of the molecule is [C-]#[N+]/C(C#N)=C1\C=CC(=O)C(c2ccc(C(F)(F)F)cc2C(F)(F)F)=C1. The second kappa shape index (κ2) is 6.52. The normalized spacial score (nSPS) is 16.6. The van der Waals surface area contributed by atoms with Crippen LogP contribution in [0.4, 0.5) is 26.3 Å². The Balaban J connectivity index is 2.75. The minimum atomic E-state index is -5.15. The molecule has 0 heterocycles. The molecule has 0 spiro atoms. The highest BCUT2D eigenvalue weighted by Crippen LogP contribution is 2.40. The van der Waals surface area contributed by atoms with E-state index in [-0.39, 0.29) is 11.6 Å². The Bertz CT molecular complexity index is 933. The van der Waals surface area contributed by atoms with Gasteiger partial charge in [0.25, 0.3) is 5.70 Å². The van der Waals surface area contributed by atoms with Gasteiger partial charge in [-0.25, -0.2) is 10.1 Å². The second-order valence-electron chi connectivity index (χ2n) is 5.04. The third kappa shape index (κ3) is 3.67. The quantitative estimate of drug-likeness (QED) is 0.400. The van der Waals surface area contributed by atoms with E-state index < -0.39 is 46.1 Å². The number of halogens is 6. The van der Waals surface area contributed by atoms with E-state index in [4.69, 9.17) is 11.8 Å². The summed E-state index contributed by atoms with van der Waals surface area (Å²) in [5.74, 6) is -0.888. The molecular formula is C17H6F6N2O. The number of nitrogens with zero attached hydrogens (tertiary/aromatic N) is 2. The molecule has 1 aromatic carbocycles. The van der Waals surface area contributed by atoms with Gasteiger partial charge in [-0.2, -0.15) is 26.3 Å². The lowest BCUT2D eigenvalue weighted by Crippen LogP contribution is -2.15. The van der Waals surface area contributed by atoms with Gasteiger partial charge in [-0.15, -0.1) is 0 Å². The van der Waals surface area contributed by atoms with Crippen LogP contribution >= 0.6 is 0 Å². The zero-order valence-corrected chi connectivity index (χ0v) is 12.5. The Labute approximate surface area is 143 Å². The van der Waals surface area contributed by atoms with Crippen LogP contribution in [0.15, 0.2) is 47.7 Å². The summed E-state index contributed by atoms with van der Waals surface area (Å²) in [6.07, 6.45) is -7.32. The minimum absolute atomic E-state index is 0.0781. The topological polar surface area (TPSA) is 45.2 Å². The van der Waals surface area contributed by atoms with Gasteiger partial charge >= 0.3 is 12.4 Å². The molecule has 1 aliphatic rings. The van der Waals surface area contributed by atoms with Crippen molar-refractivity contribution in [2.45, 2.75) is 12.4 Å². The third-order valence-corrected chi connectivity index (χ3v) is 3.41. The van der Waals surface area contributed by atoms with E-state index in [0.717, 1.165) is 18.2 Å². The van der Waals surface area contributed by atoms with Gasteiger partial charge in [0.2, 0.25) is 0 Å². The Morgan fingerprint density at radius 3 is 2.23 bits per heavy atom. The zero-order chi connectivity index (χ0) is 19.7. The molecule has 0 fully saturated rings. The van der Waals surface area contributed by atoms with Gasteiger partial charge in [-0.1, -0.05) is 18.2 Å². The van der Waals surface area contributed by atoms with Crippen LogP contribution in [0.2, 0.25) is 0 Å². The van der Waals surface area contributed by atoms with E-state index in [1.165, 1.54) is 6.07 Å². The molecule has 0 bridgehead atoms. The van der Waals surface area contributed by atoms with Gasteiger partial charge < -0.3 is 0 Å². The van der Waals surface area contributed by atoms with Crippen LogP contribution in [0.25, 0.3) is 10.4 Å². The van der Waals surface area contributed by atoms with Gasteiger partial charge in [0.05, 0.1) is 23.8 Å². The number of nitriles is 1. The molecule has 0 saturated carbocycles. The van der Waals surface area contributed by atoms with Crippen LogP contribution in [0, 0.1) is 17.9 Å². The monoisotopic (exact) mass is 368 g/mol. The number of hydrogen-bond donors (Lipinski definition) is 0. The number of carbonyl (C=O) groups is 1. The molecule has 0 aliphatic heterocycles. The molecule has 0 radical (unpaired) electrons. The lowest BCUT2D eigenvalue weighted by molar-refractivity contribution is -0.143. The van der Waals surface area contributed by atoms with E-state index in [1.807, 2.05) is 0 Å². The first-order valence-electron chi connectivity index (χ1n) is 6.73. The van der Waals surface area contributed by atoms with Gasteiger partial charge in [-0.05, 0) is 29.3 Å². The van der Waals surface area contributed by atoms with Gasteiger partial charge in [0.15, 0.2) is 5.78 Å². The Morgan fingerprint density at radius 2 is 1.73 bits per heavy atom. The predicted octanol–water partition coefficient (Wildman–Crippen LogP) is 4.94. The van der Waals surface area contributed by atoms with Crippen LogP contribution in [-0.4, -0.2) is 5.78 Å². The maximum atomic E-state index is 13.2. The number of allylic oxidation sites excluding steroid dienone is 6. The maximum absolute atomic E-state index is 13.2. The summed E-state index contributed by atoms with van der Waals surface area (Å²) in [6.45, 7) is 6.85. The van der Waals surface area contributed by atoms with Crippen molar-refractivity contribution in [3.63, 3.8) is 0 Å². The molecule has 0 amide bonds. The maximum Gasteiger partial charge on any atom is 0.417 e. The molecule has 26 heavy (non-hydrogen) atoms. The molecule has 0 unspecified atom stereocenters. The molecule has 0 N–H and O–H groups in total. The highest BCUT2D eigenvalue weighted by molar-refractivity contribution is 6.28. The molecule has 9 heteroatoms. The number of rotatable bonds is 1. The highest BCUT2D eigenvalue weighted by Gasteiger charge is 2.39. The molecule has 0 aromatic heterocycles. The van der Waals surface area contributed by atoms with E-state index in [0.29, 0.717) is 12.1 Å². The van der Waals surface area contributed by atoms with E-state index in [1.54, 1.807) is 0 Å². The standard InChI is InChI=1S/C17H6F6N2O/c1-25-14(8-24)9-2-5-15(26)12(6-9)11-4-3-10(16(18,19)20)7-13(11)17(21,22)23/h2-7H/b14-9+. The lowest BCUT2D eigenvalue weighted by Gasteiger charge is -2.18. The van der Waals surface area contributed by atoms with Gasteiger partial charge in [0, 0.05) is 5.57 Å². The third-order valence-electron chi connectivity index (χ3n) is 3.41. The first-order valence-corrected chi connectivity index (χ1v) is 6.73. The highest BCUT2D eigenvalue weighted by atomic mass is 19.4. The Kier molecular flexibility index (Phi) is 4.77. The number of benzene rings is 1. The average Bonchev–Trinajstić information content (AvgIpc) is 2.55. The fourth-order valence-corrected chi connectivity index (χ4v) is 2.23. The molecular weight excluding hydrogens is 362 g/mol. The lowest BCUT2D eigenvalue weighted by atomic mass is 9.89. The van der Waals surface area contributed by atoms with E-state index in [9.17, 15) is 31.1 Å². The summed E-state index contributed by atoms with van der Waals surface area (Å²) in [5.41, 5.74) is -5.04. The molecule has 2 rings (SSSR count). The Hall–Kier alpha value is -3.33. The van der Waals surface area contributed by atoms with Crippen molar-refractivity contribution in [2.24, 2.45) is 0 Å². The summed E-state index contributed by atoms with van der Waals surface area (Å²) in [4.78, 5) is 14.9. The number of hydrogen-bond acceptors (Lipinski definition) is 2. The summed E-state index contributed by atoms with van der Waals surface area (Å²) < 4.78 is 77.9. The van der Waals surface area contributed by atoms with Crippen molar-refractivity contribution in [2.75, 3.05) is 0 Å².